The summed E-state index contributed by atoms with van der Waals surface area (Å²) in [6, 6.07) is 6.31. The maximum atomic E-state index is 14.9. The molecule has 10 heteroatoms. The lowest BCUT2D eigenvalue weighted by Gasteiger charge is -2.41. The zero-order valence-electron chi connectivity index (χ0n) is 24.9. The van der Waals surface area contributed by atoms with Crippen LogP contribution in [0.3, 0.4) is 0 Å². The number of ether oxygens (including phenoxy) is 2. The Morgan fingerprint density at radius 3 is 2.42 bits per heavy atom. The van der Waals surface area contributed by atoms with Crippen LogP contribution in [0.15, 0.2) is 35.3 Å². The molecule has 1 atom stereocenters. The lowest BCUT2D eigenvalue weighted by Crippen LogP contribution is -2.42. The van der Waals surface area contributed by atoms with Crippen LogP contribution in [0.5, 0.6) is 5.88 Å². The Hall–Kier alpha value is -2.75. The van der Waals surface area contributed by atoms with Crippen LogP contribution >= 0.6 is 11.6 Å². The minimum absolute atomic E-state index is 0.0167. The third-order valence-electron chi connectivity index (χ3n) is 6.67. The van der Waals surface area contributed by atoms with Crippen molar-refractivity contribution >= 4 is 38.4 Å². The first kappa shape index (κ1) is 31.8. The summed E-state index contributed by atoms with van der Waals surface area (Å²) in [4.78, 5) is 31.1. The molecule has 0 N–H and O–H groups in total. The van der Waals surface area contributed by atoms with E-state index in [-0.39, 0.29) is 52.0 Å². The second-order valence-electron chi connectivity index (χ2n) is 12.1. The molecule has 1 aromatic carbocycles. The van der Waals surface area contributed by atoms with Crippen LogP contribution in [-0.4, -0.2) is 44.6 Å². The number of hydrogen-bond acceptors (Lipinski definition) is 6. The summed E-state index contributed by atoms with van der Waals surface area (Å²) in [7, 11) is 0.486. The number of esters is 1. The Kier molecular flexibility index (Phi) is 9.85. The van der Waals surface area contributed by atoms with Crippen molar-refractivity contribution in [1.82, 2.24) is 9.55 Å². The predicted molar refractivity (Wildman–Crippen MR) is 160 cm³/mol. The summed E-state index contributed by atoms with van der Waals surface area (Å²) in [6.45, 7) is 16.5. The minimum atomic E-state index is -0.949. The zero-order chi connectivity index (χ0) is 30.0. The molecule has 0 aliphatic rings. The molecule has 3 aromatic rings. The topological polar surface area (TPSA) is 79.7 Å². The number of aromatic nitrogens is 2. The minimum Gasteiger partial charge on any atom is -0.481 e. The van der Waals surface area contributed by atoms with Gasteiger partial charge in [-0.3, -0.25) is 4.79 Å². The van der Waals surface area contributed by atoms with Crippen molar-refractivity contribution < 1.29 is 23.1 Å². The fraction of sp³-hybridized carbons (Fsp3) is 0.500. The standard InChI is InChI=1S/C30H40ClFN2O5Si/c1-10-38-28(36)20-16-34(26(17(2)3)30(7,8)39-40-29(4,5)6)22-15-19(27(37-9)33-24(22)25(20)35)14-18-12-11-13-21(31)23(18)32/h11-13,15-17,26H,10,14,40H2,1-9H3/t26-/m0/s1. The van der Waals surface area contributed by atoms with Crippen molar-refractivity contribution in [2.45, 2.75) is 78.5 Å². The fourth-order valence-corrected chi connectivity index (χ4v) is 6.18. The Labute approximate surface area is 242 Å². The summed E-state index contributed by atoms with van der Waals surface area (Å²) >= 11 is 6.03. The van der Waals surface area contributed by atoms with E-state index in [1.54, 1.807) is 31.3 Å². The van der Waals surface area contributed by atoms with Crippen LogP contribution in [0.2, 0.25) is 10.1 Å². The van der Waals surface area contributed by atoms with E-state index in [2.05, 4.69) is 39.6 Å². The summed E-state index contributed by atoms with van der Waals surface area (Å²) in [5, 5.41) is 0.0758. The van der Waals surface area contributed by atoms with Gasteiger partial charge in [0, 0.05) is 18.2 Å². The number of benzene rings is 1. The molecule has 2 heterocycles. The molecule has 0 radical (unpaired) electrons. The van der Waals surface area contributed by atoms with Crippen LogP contribution in [-0.2, 0) is 15.6 Å². The first-order valence-corrected chi connectivity index (χ1v) is 15.1. The highest BCUT2D eigenvalue weighted by Crippen LogP contribution is 2.37. The molecule has 0 saturated carbocycles. The van der Waals surface area contributed by atoms with Gasteiger partial charge in [-0.05, 0) is 49.4 Å². The molecule has 0 aliphatic heterocycles. The van der Waals surface area contributed by atoms with Gasteiger partial charge in [-0.1, -0.05) is 58.4 Å². The van der Waals surface area contributed by atoms with E-state index in [9.17, 15) is 14.0 Å². The molecule has 0 fully saturated rings. The van der Waals surface area contributed by atoms with E-state index < -0.39 is 32.6 Å². The van der Waals surface area contributed by atoms with Crippen molar-refractivity contribution in [3.63, 3.8) is 0 Å². The number of rotatable bonds is 10. The average molecular weight is 591 g/mol. The van der Waals surface area contributed by atoms with Gasteiger partial charge in [0.05, 0.1) is 35.9 Å². The molecule has 0 amide bonds. The zero-order valence-corrected chi connectivity index (χ0v) is 27.0. The van der Waals surface area contributed by atoms with Crippen LogP contribution in [0.1, 0.15) is 82.9 Å². The molecule has 0 aliphatic carbocycles. The molecule has 3 rings (SSSR count). The Morgan fingerprint density at radius 2 is 1.85 bits per heavy atom. The van der Waals surface area contributed by atoms with E-state index >= 15 is 0 Å². The number of hydrogen-bond donors (Lipinski definition) is 0. The van der Waals surface area contributed by atoms with Gasteiger partial charge >= 0.3 is 5.97 Å². The highest BCUT2D eigenvalue weighted by Gasteiger charge is 2.37. The Balaban J connectivity index is 2.36. The third kappa shape index (κ3) is 6.93. The number of nitrogens with zero attached hydrogens (tertiary/aromatic N) is 2. The predicted octanol–water partition coefficient (Wildman–Crippen LogP) is 6.26. The van der Waals surface area contributed by atoms with Gasteiger partial charge in [0.2, 0.25) is 11.3 Å². The quantitative estimate of drug-likeness (QED) is 0.205. The molecule has 0 spiro atoms. The molecule has 40 heavy (non-hydrogen) atoms. The Bertz CT molecular complexity index is 1450. The number of methoxy groups -OCH3 is 1. The molecule has 7 nitrogen and oxygen atoms in total. The van der Waals surface area contributed by atoms with Gasteiger partial charge in [0.1, 0.15) is 16.9 Å². The molecule has 2 aromatic heterocycles. The highest BCUT2D eigenvalue weighted by atomic mass is 35.5. The van der Waals surface area contributed by atoms with E-state index in [1.807, 2.05) is 18.4 Å². The SMILES string of the molecule is CCOC(=O)c1cn([C@@H](C(C)C)C(C)(C)O[SiH2]C(C)(C)C)c2cc(Cc3cccc(Cl)c3F)c(OC)nc2c1=O. The summed E-state index contributed by atoms with van der Waals surface area (Å²) in [5.41, 5.74) is 0.153. The molecular formula is C30H40ClFN2O5Si. The number of fused-ring (bicyclic) bond motifs is 1. The van der Waals surface area contributed by atoms with Crippen LogP contribution < -0.4 is 10.2 Å². The van der Waals surface area contributed by atoms with Crippen LogP contribution in [0.25, 0.3) is 11.0 Å². The van der Waals surface area contributed by atoms with E-state index in [0.29, 0.717) is 16.6 Å². The van der Waals surface area contributed by atoms with Crippen molar-refractivity contribution in [3.8, 4) is 5.88 Å². The lowest BCUT2D eigenvalue weighted by molar-refractivity contribution is 0.0286. The van der Waals surface area contributed by atoms with Gasteiger partial charge in [0.15, 0.2) is 9.76 Å². The van der Waals surface area contributed by atoms with E-state index in [1.165, 1.54) is 13.2 Å². The molecular weight excluding hydrogens is 551 g/mol. The van der Waals surface area contributed by atoms with Crippen molar-refractivity contribution in [2.75, 3.05) is 13.7 Å². The molecule has 218 valence electrons. The van der Waals surface area contributed by atoms with Gasteiger partial charge in [-0.15, -0.1) is 0 Å². The second kappa shape index (κ2) is 12.4. The highest BCUT2D eigenvalue weighted by molar-refractivity contribution is 6.32. The number of pyridine rings is 2. The summed E-state index contributed by atoms with van der Waals surface area (Å²) in [5.74, 6) is -1.05. The van der Waals surface area contributed by atoms with Gasteiger partial charge in [0.25, 0.3) is 0 Å². The first-order valence-electron chi connectivity index (χ1n) is 13.5. The third-order valence-corrected chi connectivity index (χ3v) is 8.72. The molecule has 0 bridgehead atoms. The normalized spacial score (nSPS) is 13.4. The summed E-state index contributed by atoms with van der Waals surface area (Å²) in [6.07, 6.45) is 1.69. The number of carbonyl (C=O) groups excluding carboxylic acids is 1. The van der Waals surface area contributed by atoms with Crippen molar-refractivity contribution in [1.29, 1.82) is 0 Å². The molecule has 0 unspecified atom stereocenters. The average Bonchev–Trinajstić information content (AvgIpc) is 2.86. The maximum Gasteiger partial charge on any atom is 0.343 e. The van der Waals surface area contributed by atoms with E-state index in [0.717, 1.165) is 0 Å². The number of carbonyl (C=O) groups is 1. The number of halogens is 2. The Morgan fingerprint density at radius 1 is 1.18 bits per heavy atom. The van der Waals surface area contributed by atoms with Crippen molar-refractivity contribution in [2.24, 2.45) is 5.92 Å². The first-order chi connectivity index (χ1) is 18.6. The van der Waals surface area contributed by atoms with Gasteiger partial charge in [-0.25, -0.2) is 14.2 Å². The smallest absolute Gasteiger partial charge is 0.343 e. The largest absolute Gasteiger partial charge is 0.481 e. The second-order valence-corrected chi connectivity index (χ2v) is 15.2. The van der Waals surface area contributed by atoms with Gasteiger partial charge < -0.3 is 18.5 Å². The van der Waals surface area contributed by atoms with Gasteiger partial charge in [-0.2, -0.15) is 0 Å². The molecule has 0 saturated heterocycles. The summed E-state index contributed by atoms with van der Waals surface area (Å²) < 4.78 is 34.1. The maximum absolute atomic E-state index is 14.9. The van der Waals surface area contributed by atoms with Crippen molar-refractivity contribution in [3.05, 3.63) is 68.2 Å². The fourth-order valence-electron chi connectivity index (χ4n) is 5.01. The van der Waals surface area contributed by atoms with Crippen LogP contribution in [0, 0.1) is 11.7 Å². The lowest BCUT2D eigenvalue weighted by atomic mass is 9.88. The van der Waals surface area contributed by atoms with Crippen LogP contribution in [0.4, 0.5) is 4.39 Å². The monoisotopic (exact) mass is 590 g/mol. The van der Waals surface area contributed by atoms with E-state index in [4.69, 9.17) is 25.5 Å².